The number of nitrogens with zero attached hydrogens (tertiary/aromatic N) is 4. The average molecular weight is 668 g/mol. The second-order valence-corrected chi connectivity index (χ2v) is 10.7. The summed E-state index contributed by atoms with van der Waals surface area (Å²) in [6.07, 6.45) is -0.790. The van der Waals surface area contributed by atoms with Crippen LogP contribution in [-0.2, 0) is 32.0 Å². The van der Waals surface area contributed by atoms with Gasteiger partial charge in [0.2, 0.25) is 5.90 Å². The van der Waals surface area contributed by atoms with Gasteiger partial charge in [-0.1, -0.05) is 63.5 Å². The Morgan fingerprint density at radius 2 is 1.82 bits per heavy atom. The molecule has 0 unspecified atom stereocenters. The molecule has 3 aromatic rings. The summed E-state index contributed by atoms with van der Waals surface area (Å²) in [4.78, 5) is 22.3. The lowest BCUT2D eigenvalue weighted by molar-refractivity contribution is -0.131. The normalized spacial score (nSPS) is 17.5. The molecule has 13 heteroatoms. The molecule has 4 rings (SSSR count). The van der Waals surface area contributed by atoms with E-state index in [-0.39, 0.29) is 32.0 Å². The third-order valence-corrected chi connectivity index (χ3v) is 7.86. The van der Waals surface area contributed by atoms with E-state index in [4.69, 9.17) is 34.6 Å². The van der Waals surface area contributed by atoms with E-state index in [2.05, 4.69) is 36.8 Å². The zero-order chi connectivity index (χ0) is 31.4. The number of carbonyl (C=O) groups is 1. The Morgan fingerprint density at radius 1 is 1.11 bits per heavy atom. The van der Waals surface area contributed by atoms with Crippen LogP contribution in [0, 0.1) is 0 Å². The third kappa shape index (κ3) is 7.94. The number of ether oxygens (including phenoxy) is 4. The predicted molar refractivity (Wildman–Crippen MR) is 168 cm³/mol. The van der Waals surface area contributed by atoms with Crippen molar-refractivity contribution < 1.29 is 28.8 Å². The molecule has 0 aromatic heterocycles. The molecular formula is C31H35BrN6O6. The lowest BCUT2D eigenvalue weighted by Gasteiger charge is -2.32. The maximum absolute atomic E-state index is 14.3. The number of carbonyl (C=O) groups excluding carboxylic acids is 1. The molecule has 3 aromatic carbocycles. The van der Waals surface area contributed by atoms with E-state index in [1.165, 1.54) is 14.2 Å². The number of amides is 1. The van der Waals surface area contributed by atoms with Gasteiger partial charge in [0.25, 0.3) is 5.91 Å². The molecule has 1 amide bonds. The first-order chi connectivity index (χ1) is 21.4. The van der Waals surface area contributed by atoms with Gasteiger partial charge in [0.05, 0.1) is 19.7 Å². The zero-order valence-corrected chi connectivity index (χ0v) is 26.1. The smallest absolute Gasteiger partial charge is 0.266 e. The Balaban J connectivity index is 1.81. The van der Waals surface area contributed by atoms with Crippen LogP contribution < -0.4 is 15.6 Å². The van der Waals surface area contributed by atoms with E-state index >= 15 is 0 Å². The van der Waals surface area contributed by atoms with Crippen molar-refractivity contribution in [3.63, 3.8) is 0 Å². The van der Waals surface area contributed by atoms with Crippen molar-refractivity contribution in [2.24, 2.45) is 10.1 Å². The molecular weight excluding hydrogens is 632 g/mol. The quantitative estimate of drug-likeness (QED) is 0.0496. The van der Waals surface area contributed by atoms with Gasteiger partial charge < -0.3 is 24.1 Å². The van der Waals surface area contributed by atoms with Crippen LogP contribution in [0.2, 0.25) is 0 Å². The molecule has 3 N–H and O–H groups in total. The topological polar surface area (TPSA) is 159 Å². The van der Waals surface area contributed by atoms with Crippen molar-refractivity contribution >= 4 is 27.7 Å². The summed E-state index contributed by atoms with van der Waals surface area (Å²) in [5.41, 5.74) is 16.1. The average Bonchev–Trinajstić information content (AvgIpc) is 3.44. The molecule has 1 aliphatic rings. The Hall–Kier alpha value is -3.97. The van der Waals surface area contributed by atoms with Gasteiger partial charge in [0.15, 0.2) is 17.9 Å². The second kappa shape index (κ2) is 16.2. The first-order valence-corrected chi connectivity index (χ1v) is 14.8. The van der Waals surface area contributed by atoms with Crippen molar-refractivity contribution in [1.29, 1.82) is 0 Å². The summed E-state index contributed by atoms with van der Waals surface area (Å²) in [6, 6.07) is 22.2. The van der Waals surface area contributed by atoms with Crippen LogP contribution in [0.1, 0.15) is 34.8 Å². The molecule has 1 heterocycles. The highest BCUT2D eigenvalue weighted by atomic mass is 79.9. The molecule has 232 valence electrons. The Labute approximate surface area is 264 Å². The van der Waals surface area contributed by atoms with Crippen LogP contribution >= 0.6 is 15.9 Å². The van der Waals surface area contributed by atoms with Crippen LogP contribution in [0.4, 0.5) is 0 Å². The number of methoxy groups -OCH3 is 2. The zero-order valence-electron chi connectivity index (χ0n) is 24.5. The number of aliphatic hydroxyl groups excluding tert-OH is 1. The summed E-state index contributed by atoms with van der Waals surface area (Å²) < 4.78 is 23.6. The number of hydrogen-bond donors (Lipinski definition) is 3. The van der Waals surface area contributed by atoms with Crippen molar-refractivity contribution in [1.82, 2.24) is 10.9 Å². The number of benzene rings is 3. The summed E-state index contributed by atoms with van der Waals surface area (Å²) in [6.45, 7) is 0.666. The fourth-order valence-corrected chi connectivity index (χ4v) is 5.24. The fourth-order valence-electron chi connectivity index (χ4n) is 4.82. The minimum absolute atomic E-state index is 0.0411. The highest BCUT2D eigenvalue weighted by molar-refractivity contribution is 9.10. The molecule has 1 aliphatic heterocycles. The summed E-state index contributed by atoms with van der Waals surface area (Å²) in [5, 5.41) is 12.8. The molecule has 12 nitrogen and oxygen atoms in total. The highest BCUT2D eigenvalue weighted by Gasteiger charge is 2.54. The van der Waals surface area contributed by atoms with E-state index in [0.29, 0.717) is 35.5 Å². The Morgan fingerprint density at radius 3 is 2.50 bits per heavy atom. The minimum Gasteiger partial charge on any atom is -0.494 e. The molecule has 0 saturated carbocycles. The van der Waals surface area contributed by atoms with Gasteiger partial charge in [0, 0.05) is 48.6 Å². The number of hydrogen-bond acceptors (Lipinski definition) is 9. The summed E-state index contributed by atoms with van der Waals surface area (Å²) in [7, 11) is 3.01. The van der Waals surface area contributed by atoms with Crippen LogP contribution in [0.25, 0.3) is 10.4 Å². The fraction of sp³-hybridized carbons (Fsp3) is 0.355. The van der Waals surface area contributed by atoms with Gasteiger partial charge in [-0.3, -0.25) is 10.2 Å². The third-order valence-electron chi connectivity index (χ3n) is 7.09. The molecule has 0 aliphatic carbocycles. The molecule has 0 saturated heterocycles. The van der Waals surface area contributed by atoms with Gasteiger partial charge in [-0.15, -0.1) is 0 Å². The van der Waals surface area contributed by atoms with Crippen LogP contribution in [0.5, 0.6) is 5.75 Å². The van der Waals surface area contributed by atoms with Crippen LogP contribution in [0.3, 0.4) is 0 Å². The number of hydrazine groups is 1. The first-order valence-electron chi connectivity index (χ1n) is 14.0. The lowest BCUT2D eigenvalue weighted by atomic mass is 9.80. The number of halogens is 1. The first kappa shape index (κ1) is 32.9. The molecule has 0 fully saturated rings. The maximum Gasteiger partial charge on any atom is 0.266 e. The van der Waals surface area contributed by atoms with E-state index in [1.807, 2.05) is 60.7 Å². The lowest BCUT2D eigenvalue weighted by Crippen LogP contribution is -2.55. The Kier molecular flexibility index (Phi) is 12.1. The monoisotopic (exact) mass is 666 g/mol. The Bertz CT molecular complexity index is 1480. The number of rotatable bonds is 16. The summed E-state index contributed by atoms with van der Waals surface area (Å²) in [5.74, 6) is 0.454. The second-order valence-electron chi connectivity index (χ2n) is 9.88. The van der Waals surface area contributed by atoms with Gasteiger partial charge in [-0.2, -0.15) is 0 Å². The van der Waals surface area contributed by atoms with Gasteiger partial charge in [-0.25, -0.2) is 10.4 Å². The standard InChI is InChI=1S/C31H35BrN6O6/c1-41-27(42-2)20-34-37-30(40)31(18-22-8-4-6-11-26(22)32)28(25-10-5-3-9-23(25)19-35-38-33)44-29(36-31)21-12-14-24(15-13-21)43-17-7-16-39/h3-6,8-15,27-28,34,39H,7,16-20H2,1-2H3,(H,37,40)/t28-,31-/m0/s1. The van der Waals surface area contributed by atoms with Crippen molar-refractivity contribution in [2.45, 2.75) is 37.3 Å². The van der Waals surface area contributed by atoms with Gasteiger partial charge in [0.1, 0.15) is 5.75 Å². The highest BCUT2D eigenvalue weighted by Crippen LogP contribution is 2.44. The van der Waals surface area contributed by atoms with E-state index in [9.17, 15) is 4.79 Å². The number of nitrogens with one attached hydrogen (secondary N) is 2. The molecule has 0 radical (unpaired) electrons. The molecule has 2 atom stereocenters. The van der Waals surface area contributed by atoms with Crippen molar-refractivity contribution in [3.8, 4) is 5.75 Å². The summed E-state index contributed by atoms with van der Waals surface area (Å²) >= 11 is 3.63. The van der Waals surface area contributed by atoms with Crippen LogP contribution in [0.15, 0.2) is 87.4 Å². The largest absolute Gasteiger partial charge is 0.494 e. The SMILES string of the molecule is COC(CNNC(=O)[C@@]1(Cc2ccccc2Br)N=C(c2ccc(OCCCO)cc2)O[C@H]1c1ccccc1CN=[N+]=[N-])OC. The number of azide groups is 1. The van der Waals surface area contributed by atoms with Crippen LogP contribution in [-0.4, -0.2) is 62.7 Å². The van der Waals surface area contributed by atoms with Gasteiger partial charge >= 0.3 is 0 Å². The van der Waals surface area contributed by atoms with Crippen molar-refractivity contribution in [2.75, 3.05) is 34.0 Å². The maximum atomic E-state index is 14.3. The van der Waals surface area contributed by atoms with E-state index < -0.39 is 23.8 Å². The minimum atomic E-state index is -1.50. The van der Waals surface area contributed by atoms with Gasteiger partial charge in [-0.05, 0) is 52.6 Å². The molecule has 44 heavy (non-hydrogen) atoms. The molecule has 0 bridgehead atoms. The predicted octanol–water partition coefficient (Wildman–Crippen LogP) is 4.76. The van der Waals surface area contributed by atoms with E-state index in [1.54, 1.807) is 12.1 Å². The number of aliphatic imine (C=N–C) groups is 1. The molecule has 0 spiro atoms. The van der Waals surface area contributed by atoms with Crippen molar-refractivity contribution in [3.05, 3.63) is 110 Å². The number of aliphatic hydroxyl groups is 1. The van der Waals surface area contributed by atoms with E-state index in [0.717, 1.165) is 10.0 Å².